The van der Waals surface area contributed by atoms with Crippen LogP contribution >= 0.6 is 0 Å². The monoisotopic (exact) mass is 265 g/mol. The maximum Gasteiger partial charge on any atom is 0.326 e. The summed E-state index contributed by atoms with van der Waals surface area (Å²) in [5.41, 5.74) is 11.0. The molecule has 0 aliphatic carbocycles. The maximum atomic E-state index is 10.5. The van der Waals surface area contributed by atoms with Crippen LogP contribution in [0, 0.1) is 0 Å². The number of carbonyl (C=O) groups is 1. The first-order valence-electron chi connectivity index (χ1n) is 6.39. The predicted octanol–water partition coefficient (Wildman–Crippen LogP) is 1.26. The summed E-state index contributed by atoms with van der Waals surface area (Å²) in [7, 11) is 0. The number of nitrogens with two attached hydrogens (primary N) is 1. The molecule has 1 aromatic carbocycles. The van der Waals surface area contributed by atoms with Crippen molar-refractivity contribution in [3.63, 3.8) is 0 Å². The molecule has 1 heterocycles. The van der Waals surface area contributed by atoms with E-state index in [1.54, 1.807) is 0 Å². The molecule has 0 radical (unpaired) electrons. The van der Waals surface area contributed by atoms with Gasteiger partial charge < -0.3 is 15.2 Å². The molecule has 1 fully saturated rings. The third-order valence-corrected chi connectivity index (χ3v) is 2.83. The molecule has 1 aliphatic heterocycles. The lowest BCUT2D eigenvalue weighted by molar-refractivity contribution is -0.105. The number of amides is 2. The van der Waals surface area contributed by atoms with Crippen molar-refractivity contribution in [1.82, 2.24) is 10.9 Å². The molecule has 1 aromatic rings. The Bertz CT molecular complexity index is 402. The topological polar surface area (TPSA) is 85.6 Å². The van der Waals surface area contributed by atoms with E-state index in [0.717, 1.165) is 37.2 Å². The fourth-order valence-electron chi connectivity index (χ4n) is 1.88. The third-order valence-electron chi connectivity index (χ3n) is 2.83. The fourth-order valence-corrected chi connectivity index (χ4v) is 1.88. The molecule has 0 saturated carbocycles. The minimum atomic E-state index is -0.602. The lowest BCUT2D eigenvalue weighted by atomic mass is 10.2. The number of rotatable bonds is 5. The highest BCUT2D eigenvalue weighted by Crippen LogP contribution is 2.19. The minimum absolute atomic E-state index is 0.130. The molecule has 0 aromatic heterocycles. The Morgan fingerprint density at radius 1 is 1.37 bits per heavy atom. The van der Waals surface area contributed by atoms with E-state index in [1.165, 1.54) is 0 Å². The van der Waals surface area contributed by atoms with Gasteiger partial charge in [0.2, 0.25) is 0 Å². The normalized spacial score (nSPS) is 18.8. The summed E-state index contributed by atoms with van der Waals surface area (Å²) in [5.74, 6) is 0.790. The van der Waals surface area contributed by atoms with Crippen molar-refractivity contribution in [3.05, 3.63) is 29.8 Å². The van der Waals surface area contributed by atoms with E-state index in [4.69, 9.17) is 15.2 Å². The number of nitrogens with one attached hydrogen (secondary N) is 2. The Hall–Kier alpha value is -1.79. The van der Waals surface area contributed by atoms with Crippen LogP contribution in [0.25, 0.3) is 0 Å². The maximum absolute atomic E-state index is 10.5. The van der Waals surface area contributed by atoms with Crippen LogP contribution in [0.4, 0.5) is 4.79 Å². The molecule has 2 amide bonds. The Morgan fingerprint density at radius 3 is 2.79 bits per heavy atom. The highest BCUT2D eigenvalue weighted by Gasteiger charge is 2.14. The van der Waals surface area contributed by atoms with Gasteiger partial charge in [-0.3, -0.25) is 5.43 Å². The fraction of sp³-hybridized carbons (Fsp3) is 0.462. The molecule has 1 atom stereocenters. The van der Waals surface area contributed by atoms with Crippen LogP contribution < -0.4 is 21.3 Å². The first-order valence-corrected chi connectivity index (χ1v) is 6.39. The highest BCUT2D eigenvalue weighted by atomic mass is 16.7. The van der Waals surface area contributed by atoms with Gasteiger partial charge in [0.25, 0.3) is 0 Å². The number of benzene rings is 1. The van der Waals surface area contributed by atoms with Crippen molar-refractivity contribution in [3.8, 4) is 5.75 Å². The number of urea groups is 1. The second-order valence-corrected chi connectivity index (χ2v) is 4.40. The second-order valence-electron chi connectivity index (χ2n) is 4.40. The van der Waals surface area contributed by atoms with Crippen LogP contribution in [0.1, 0.15) is 24.8 Å². The van der Waals surface area contributed by atoms with Gasteiger partial charge in [-0.05, 0) is 30.5 Å². The summed E-state index contributed by atoms with van der Waals surface area (Å²) in [6, 6.07) is 7.02. The van der Waals surface area contributed by atoms with Gasteiger partial charge in [-0.25, -0.2) is 10.2 Å². The van der Waals surface area contributed by atoms with Crippen molar-refractivity contribution in [2.75, 3.05) is 6.61 Å². The van der Waals surface area contributed by atoms with E-state index in [9.17, 15) is 4.79 Å². The van der Waals surface area contributed by atoms with Gasteiger partial charge in [0.05, 0.1) is 6.61 Å². The average molecular weight is 265 g/mol. The van der Waals surface area contributed by atoms with Gasteiger partial charge in [0.15, 0.2) is 6.29 Å². The molecule has 104 valence electrons. The van der Waals surface area contributed by atoms with Gasteiger partial charge >= 0.3 is 6.03 Å². The summed E-state index contributed by atoms with van der Waals surface area (Å²) in [5, 5.41) is 0. The summed E-state index contributed by atoms with van der Waals surface area (Å²) in [4.78, 5) is 10.5. The standard InChI is InChI=1S/C13H19N3O3/c14-13(17)16-15-9-10-4-6-11(7-5-10)19-12-3-1-2-8-18-12/h4-7,12,15H,1-3,8-9H2,(H3,14,16,17). The molecule has 0 bridgehead atoms. The van der Waals surface area contributed by atoms with Crippen molar-refractivity contribution < 1.29 is 14.3 Å². The van der Waals surface area contributed by atoms with Crippen molar-refractivity contribution in [1.29, 1.82) is 0 Å². The Labute approximate surface area is 112 Å². The summed E-state index contributed by atoms with van der Waals surface area (Å²) >= 11 is 0. The van der Waals surface area contributed by atoms with Crippen molar-refractivity contribution in [2.45, 2.75) is 32.1 Å². The van der Waals surface area contributed by atoms with E-state index in [-0.39, 0.29) is 6.29 Å². The smallest absolute Gasteiger partial charge is 0.326 e. The number of hydrogen-bond donors (Lipinski definition) is 3. The quantitative estimate of drug-likeness (QED) is 0.700. The van der Waals surface area contributed by atoms with Crippen molar-refractivity contribution >= 4 is 6.03 Å². The third kappa shape index (κ3) is 4.76. The van der Waals surface area contributed by atoms with Crippen LogP contribution in [0.2, 0.25) is 0 Å². The van der Waals surface area contributed by atoms with Gasteiger partial charge in [0.1, 0.15) is 5.75 Å². The van der Waals surface area contributed by atoms with Gasteiger partial charge in [-0.15, -0.1) is 0 Å². The number of ether oxygens (including phenoxy) is 2. The van der Waals surface area contributed by atoms with Gasteiger partial charge in [-0.1, -0.05) is 12.1 Å². The summed E-state index contributed by atoms with van der Waals surface area (Å²) in [6.07, 6.45) is 3.06. The van der Waals surface area contributed by atoms with E-state index in [2.05, 4.69) is 10.9 Å². The van der Waals surface area contributed by atoms with Crippen molar-refractivity contribution in [2.24, 2.45) is 5.73 Å². The summed E-state index contributed by atoms with van der Waals surface area (Å²) < 4.78 is 11.2. The molecule has 6 heteroatoms. The molecule has 19 heavy (non-hydrogen) atoms. The van der Waals surface area contributed by atoms with E-state index in [1.807, 2.05) is 24.3 Å². The van der Waals surface area contributed by atoms with E-state index in [0.29, 0.717) is 6.54 Å². The van der Waals surface area contributed by atoms with Crippen LogP contribution in [0.5, 0.6) is 5.75 Å². The molecular formula is C13H19N3O3. The highest BCUT2D eigenvalue weighted by molar-refractivity contribution is 5.70. The zero-order chi connectivity index (χ0) is 13.5. The lowest BCUT2D eigenvalue weighted by Gasteiger charge is -2.23. The van der Waals surface area contributed by atoms with Crippen LogP contribution in [0.3, 0.4) is 0 Å². The Balaban J connectivity index is 1.78. The van der Waals surface area contributed by atoms with Gasteiger partial charge in [-0.2, -0.15) is 0 Å². The molecule has 6 nitrogen and oxygen atoms in total. The zero-order valence-electron chi connectivity index (χ0n) is 10.7. The molecule has 1 unspecified atom stereocenters. The lowest BCUT2D eigenvalue weighted by Crippen LogP contribution is -2.40. The van der Waals surface area contributed by atoms with Crippen LogP contribution in [0.15, 0.2) is 24.3 Å². The Kier molecular flexibility index (Phi) is 5.00. The largest absolute Gasteiger partial charge is 0.465 e. The molecule has 1 aliphatic rings. The Morgan fingerprint density at radius 2 is 2.16 bits per heavy atom. The van der Waals surface area contributed by atoms with Gasteiger partial charge in [0, 0.05) is 13.0 Å². The minimum Gasteiger partial charge on any atom is -0.465 e. The zero-order valence-corrected chi connectivity index (χ0v) is 10.7. The predicted molar refractivity (Wildman–Crippen MR) is 70.2 cm³/mol. The molecule has 4 N–H and O–H groups in total. The number of carbonyl (C=O) groups excluding carboxylic acids is 1. The molecule has 1 saturated heterocycles. The van der Waals surface area contributed by atoms with Crippen LogP contribution in [-0.2, 0) is 11.3 Å². The molecular weight excluding hydrogens is 246 g/mol. The summed E-state index contributed by atoms with van der Waals surface area (Å²) in [6.45, 7) is 1.27. The second kappa shape index (κ2) is 6.96. The van der Waals surface area contributed by atoms with Crippen LogP contribution in [-0.4, -0.2) is 18.9 Å². The first kappa shape index (κ1) is 13.6. The number of hydrogen-bond acceptors (Lipinski definition) is 4. The average Bonchev–Trinajstić information content (AvgIpc) is 2.42. The first-order chi connectivity index (χ1) is 9.24. The molecule has 2 rings (SSSR count). The van der Waals surface area contributed by atoms with E-state index < -0.39 is 6.03 Å². The number of hydrazine groups is 1. The number of primary amides is 1. The van der Waals surface area contributed by atoms with E-state index >= 15 is 0 Å². The SMILES string of the molecule is NC(=O)NNCc1ccc(OC2CCCCO2)cc1. The molecule has 0 spiro atoms.